The number of aliphatic hydroxyl groups is 1. The number of nitro benzene ring substituents is 1. The Labute approximate surface area is 118 Å². The quantitative estimate of drug-likeness (QED) is 0.526. The second-order valence-electron chi connectivity index (χ2n) is 3.82. The molecular weight excluding hydrogens is 292 g/mol. The Morgan fingerprint density at radius 3 is 2.65 bits per heavy atom. The highest BCUT2D eigenvalue weighted by atomic mass is 35.5. The lowest BCUT2D eigenvalue weighted by Crippen LogP contribution is -2.30. The molecule has 0 saturated carbocycles. The van der Waals surface area contributed by atoms with E-state index in [1.54, 1.807) is 0 Å². The van der Waals surface area contributed by atoms with Crippen LogP contribution in [-0.2, 0) is 4.79 Å². The first-order chi connectivity index (χ1) is 9.32. The summed E-state index contributed by atoms with van der Waals surface area (Å²) in [4.78, 5) is 32.2. The van der Waals surface area contributed by atoms with E-state index in [-0.39, 0.29) is 23.6 Å². The molecule has 1 atom stereocenters. The second-order valence-corrected chi connectivity index (χ2v) is 4.25. The fourth-order valence-electron chi connectivity index (χ4n) is 1.39. The van der Waals surface area contributed by atoms with Crippen LogP contribution in [0.2, 0.25) is 5.02 Å². The number of nitro groups is 1. The van der Waals surface area contributed by atoms with E-state index in [0.717, 1.165) is 6.07 Å². The lowest BCUT2D eigenvalue weighted by Gasteiger charge is -2.07. The number of carboxylic acid groups (broad SMARTS) is 1. The topological polar surface area (TPSA) is 130 Å². The van der Waals surface area contributed by atoms with E-state index in [9.17, 15) is 19.7 Å². The molecule has 1 aromatic rings. The molecule has 0 radical (unpaired) electrons. The van der Waals surface area contributed by atoms with Gasteiger partial charge in [-0.25, -0.2) is 4.79 Å². The van der Waals surface area contributed by atoms with Crippen molar-refractivity contribution in [3.63, 3.8) is 0 Å². The summed E-state index contributed by atoms with van der Waals surface area (Å²) in [6.45, 7) is -0.133. The summed E-state index contributed by atoms with van der Waals surface area (Å²) in [7, 11) is 0. The predicted molar refractivity (Wildman–Crippen MR) is 68.7 cm³/mol. The third-order valence-electron chi connectivity index (χ3n) is 2.39. The van der Waals surface area contributed by atoms with Crippen LogP contribution in [0, 0.1) is 10.1 Å². The smallest absolute Gasteiger partial charge is 0.332 e. The van der Waals surface area contributed by atoms with Crippen LogP contribution < -0.4 is 5.32 Å². The fourth-order valence-corrected chi connectivity index (χ4v) is 1.56. The molecule has 0 aromatic heterocycles. The number of aliphatic carboxylic acids is 1. The van der Waals surface area contributed by atoms with Gasteiger partial charge in [0.25, 0.3) is 11.6 Å². The van der Waals surface area contributed by atoms with Gasteiger partial charge in [-0.15, -0.1) is 0 Å². The third-order valence-corrected chi connectivity index (χ3v) is 2.62. The standard InChI is InChI=1S/C11H11ClN2O6/c12-6-1-2-7(8(5-6)14(19)20)10(16)13-4-3-9(15)11(17)18/h1-2,5,9,15H,3-4H2,(H,13,16)(H,17,18)/t9-/m0/s1. The van der Waals surface area contributed by atoms with Crippen molar-refractivity contribution in [2.24, 2.45) is 0 Å². The molecule has 3 N–H and O–H groups in total. The zero-order chi connectivity index (χ0) is 15.3. The maximum absolute atomic E-state index is 11.7. The van der Waals surface area contributed by atoms with Gasteiger partial charge in [0.1, 0.15) is 5.56 Å². The largest absolute Gasteiger partial charge is 0.479 e. The van der Waals surface area contributed by atoms with Gasteiger partial charge in [0.2, 0.25) is 0 Å². The number of nitrogens with one attached hydrogen (secondary N) is 1. The van der Waals surface area contributed by atoms with Gasteiger partial charge >= 0.3 is 5.97 Å². The molecule has 20 heavy (non-hydrogen) atoms. The van der Waals surface area contributed by atoms with E-state index in [1.807, 2.05) is 0 Å². The predicted octanol–water partition coefficient (Wildman–Crippen LogP) is 0.814. The lowest BCUT2D eigenvalue weighted by molar-refractivity contribution is -0.385. The summed E-state index contributed by atoms with van der Waals surface area (Å²) in [6.07, 6.45) is -1.81. The SMILES string of the molecule is O=C(NCC[C@H](O)C(=O)O)c1ccc(Cl)cc1[N+](=O)[O-]. The van der Waals surface area contributed by atoms with Crippen LogP contribution in [0.3, 0.4) is 0 Å². The summed E-state index contributed by atoms with van der Waals surface area (Å²) in [5.41, 5.74) is -0.641. The maximum atomic E-state index is 11.7. The molecule has 0 saturated heterocycles. The van der Waals surface area contributed by atoms with Crippen LogP contribution in [-0.4, -0.2) is 39.7 Å². The van der Waals surface area contributed by atoms with Crippen molar-refractivity contribution >= 4 is 29.2 Å². The molecule has 0 heterocycles. The van der Waals surface area contributed by atoms with Gasteiger partial charge in [0, 0.05) is 24.1 Å². The van der Waals surface area contributed by atoms with Gasteiger partial charge in [-0.05, 0) is 12.1 Å². The van der Waals surface area contributed by atoms with Gasteiger partial charge in [0.05, 0.1) is 4.92 Å². The summed E-state index contributed by atoms with van der Waals surface area (Å²) >= 11 is 5.61. The number of hydrogen-bond donors (Lipinski definition) is 3. The van der Waals surface area contributed by atoms with Crippen molar-refractivity contribution in [1.82, 2.24) is 5.32 Å². The minimum absolute atomic E-state index is 0.120. The zero-order valence-corrected chi connectivity index (χ0v) is 10.8. The van der Waals surface area contributed by atoms with E-state index in [1.165, 1.54) is 12.1 Å². The highest BCUT2D eigenvalue weighted by molar-refractivity contribution is 6.31. The summed E-state index contributed by atoms with van der Waals surface area (Å²) in [5.74, 6) is -2.15. The molecule has 0 spiro atoms. The Hall–Kier alpha value is -2.19. The molecule has 0 fully saturated rings. The van der Waals surface area contributed by atoms with Crippen molar-refractivity contribution in [3.05, 3.63) is 38.9 Å². The number of hydrogen-bond acceptors (Lipinski definition) is 5. The van der Waals surface area contributed by atoms with E-state index in [4.69, 9.17) is 21.8 Å². The molecule has 8 nitrogen and oxygen atoms in total. The molecule has 0 aliphatic carbocycles. The van der Waals surface area contributed by atoms with E-state index in [0.29, 0.717) is 0 Å². The van der Waals surface area contributed by atoms with E-state index in [2.05, 4.69) is 5.32 Å². The summed E-state index contributed by atoms with van der Waals surface area (Å²) in [6, 6.07) is 3.57. The Morgan fingerprint density at radius 2 is 2.10 bits per heavy atom. The van der Waals surface area contributed by atoms with Crippen molar-refractivity contribution in [2.75, 3.05) is 6.54 Å². The lowest BCUT2D eigenvalue weighted by atomic mass is 10.1. The number of rotatable bonds is 6. The van der Waals surface area contributed by atoms with Crippen LogP contribution in [0.25, 0.3) is 0 Å². The first kappa shape index (κ1) is 15.9. The highest BCUT2D eigenvalue weighted by Gasteiger charge is 2.21. The van der Waals surface area contributed by atoms with Crippen LogP contribution >= 0.6 is 11.6 Å². The summed E-state index contributed by atoms with van der Waals surface area (Å²) in [5, 5.41) is 30.7. The molecule has 0 bridgehead atoms. The molecular formula is C11H11ClN2O6. The maximum Gasteiger partial charge on any atom is 0.332 e. The van der Waals surface area contributed by atoms with Crippen LogP contribution in [0.1, 0.15) is 16.8 Å². The highest BCUT2D eigenvalue weighted by Crippen LogP contribution is 2.23. The minimum Gasteiger partial charge on any atom is -0.479 e. The Bertz CT molecular complexity index is 548. The average Bonchev–Trinajstić information content (AvgIpc) is 2.37. The Morgan fingerprint density at radius 1 is 1.45 bits per heavy atom. The van der Waals surface area contributed by atoms with Crippen LogP contribution in [0.15, 0.2) is 18.2 Å². The molecule has 1 rings (SSSR count). The van der Waals surface area contributed by atoms with Crippen molar-refractivity contribution in [3.8, 4) is 0 Å². The monoisotopic (exact) mass is 302 g/mol. The molecule has 0 unspecified atom stereocenters. The number of carbonyl (C=O) groups excluding carboxylic acids is 1. The van der Waals surface area contributed by atoms with E-state index >= 15 is 0 Å². The molecule has 1 amide bonds. The summed E-state index contributed by atoms with van der Waals surface area (Å²) < 4.78 is 0. The molecule has 0 aliphatic heterocycles. The molecule has 9 heteroatoms. The van der Waals surface area contributed by atoms with Crippen LogP contribution in [0.5, 0.6) is 0 Å². The number of carbonyl (C=O) groups is 2. The number of amides is 1. The molecule has 0 aliphatic rings. The van der Waals surface area contributed by atoms with Crippen molar-refractivity contribution < 1.29 is 24.7 Å². The van der Waals surface area contributed by atoms with E-state index < -0.39 is 28.6 Å². The first-order valence-electron chi connectivity index (χ1n) is 5.46. The molecule has 108 valence electrons. The number of nitrogens with zero attached hydrogens (tertiary/aromatic N) is 1. The van der Waals surface area contributed by atoms with Crippen molar-refractivity contribution in [2.45, 2.75) is 12.5 Å². The number of benzene rings is 1. The Balaban J connectivity index is 2.73. The number of halogens is 1. The fraction of sp³-hybridized carbons (Fsp3) is 0.273. The normalized spacial score (nSPS) is 11.7. The Kier molecular flexibility index (Phi) is 5.42. The minimum atomic E-state index is -1.60. The molecule has 1 aromatic carbocycles. The third kappa shape index (κ3) is 4.18. The van der Waals surface area contributed by atoms with Gasteiger partial charge in [-0.2, -0.15) is 0 Å². The van der Waals surface area contributed by atoms with Crippen LogP contribution in [0.4, 0.5) is 5.69 Å². The number of carboxylic acids is 1. The average molecular weight is 303 g/mol. The van der Waals surface area contributed by atoms with Gasteiger partial charge in [0.15, 0.2) is 6.10 Å². The number of aliphatic hydroxyl groups excluding tert-OH is 1. The first-order valence-corrected chi connectivity index (χ1v) is 5.83. The second kappa shape index (κ2) is 6.83. The van der Waals surface area contributed by atoms with Gasteiger partial charge < -0.3 is 15.5 Å². The zero-order valence-electron chi connectivity index (χ0n) is 10.1. The van der Waals surface area contributed by atoms with Crippen molar-refractivity contribution in [1.29, 1.82) is 0 Å². The van der Waals surface area contributed by atoms with Gasteiger partial charge in [-0.1, -0.05) is 11.6 Å². The van der Waals surface area contributed by atoms with Gasteiger partial charge in [-0.3, -0.25) is 14.9 Å².